The number of aromatic nitrogens is 4. The lowest BCUT2D eigenvalue weighted by Gasteiger charge is -2.12. The number of para-hydroxylation sites is 2. The quantitative estimate of drug-likeness (QED) is 0.0789. The molecule has 2 N–H and O–H groups in total. The maximum atomic E-state index is 9.44. The van der Waals surface area contributed by atoms with Gasteiger partial charge in [0.2, 0.25) is 10.6 Å². The highest BCUT2D eigenvalue weighted by atomic mass is 35.5. The van der Waals surface area contributed by atoms with Crippen LogP contribution in [0.5, 0.6) is 0 Å². The van der Waals surface area contributed by atoms with Crippen LogP contribution in [-0.4, -0.2) is 37.1 Å². The van der Waals surface area contributed by atoms with Gasteiger partial charge < -0.3 is 10.0 Å². The molecule has 0 atom stereocenters. The summed E-state index contributed by atoms with van der Waals surface area (Å²) in [6.07, 6.45) is 0. The first kappa shape index (κ1) is 35.4. The Morgan fingerprint density at radius 3 is 1.43 bits per heavy atom. The van der Waals surface area contributed by atoms with Gasteiger partial charge in [0.15, 0.2) is 0 Å². The van der Waals surface area contributed by atoms with E-state index in [9.17, 15) is 10.0 Å². The minimum absolute atomic E-state index is 0.179. The van der Waals surface area contributed by atoms with E-state index in [0.29, 0.717) is 10.6 Å². The fourth-order valence-electron chi connectivity index (χ4n) is 6.81. The second kappa shape index (κ2) is 15.4. The van der Waals surface area contributed by atoms with Crippen LogP contribution in [0.15, 0.2) is 158 Å². The zero-order valence-electron chi connectivity index (χ0n) is 28.4. The predicted molar refractivity (Wildman–Crippen MR) is 226 cm³/mol. The highest BCUT2D eigenvalue weighted by Gasteiger charge is 2.16. The fourth-order valence-corrected chi connectivity index (χ4v) is 7.45. The lowest BCUT2D eigenvalue weighted by molar-refractivity contribution is 0.426. The van der Waals surface area contributed by atoms with Gasteiger partial charge in [-0.3, -0.25) is 0 Å². The monoisotopic (exact) mass is 760 g/mol. The standard InChI is InChI=1S/C22H13ClN2.C14H11BO2.C8H4Cl2N2/c23-22-24-20-12-6-5-11-18(20)21(25-22)19-13-14-7-1-2-8-15(14)16-9-3-4-10-17(16)19;16-15(17)14-9-10-5-1-2-6-11(10)12-7-3-4-8-13(12)14;9-7-5-3-1-2-4-6(5)11-8(10)12-7/h1-13H;1-9,16-17H;1-4H. The van der Waals surface area contributed by atoms with Gasteiger partial charge in [-0.2, -0.15) is 0 Å². The third-order valence-corrected chi connectivity index (χ3v) is 9.83. The van der Waals surface area contributed by atoms with E-state index < -0.39 is 7.12 Å². The smallest absolute Gasteiger partial charge is 0.423 e. The molecule has 2 heterocycles. The van der Waals surface area contributed by atoms with Crippen LogP contribution in [0.2, 0.25) is 15.7 Å². The summed E-state index contributed by atoms with van der Waals surface area (Å²) in [5.74, 6) is 0. The van der Waals surface area contributed by atoms with Crippen molar-refractivity contribution in [3.8, 4) is 11.3 Å². The third-order valence-electron chi connectivity index (χ3n) is 9.21. The number of hydrogen-bond donors (Lipinski definition) is 2. The highest BCUT2D eigenvalue weighted by Crippen LogP contribution is 2.37. The minimum Gasteiger partial charge on any atom is -0.423 e. The minimum atomic E-state index is -1.44. The lowest BCUT2D eigenvalue weighted by Crippen LogP contribution is -2.30. The van der Waals surface area contributed by atoms with E-state index in [4.69, 9.17) is 34.8 Å². The molecule has 0 saturated heterocycles. The van der Waals surface area contributed by atoms with E-state index in [1.54, 1.807) is 0 Å². The van der Waals surface area contributed by atoms with Crippen molar-refractivity contribution in [1.82, 2.24) is 19.9 Å². The maximum Gasteiger partial charge on any atom is 0.489 e. The molecule has 0 amide bonds. The third kappa shape index (κ3) is 7.04. The topological polar surface area (TPSA) is 92.0 Å². The van der Waals surface area contributed by atoms with Crippen LogP contribution in [-0.2, 0) is 0 Å². The largest absolute Gasteiger partial charge is 0.489 e. The van der Waals surface area contributed by atoms with Crippen LogP contribution < -0.4 is 5.46 Å². The van der Waals surface area contributed by atoms with Crippen LogP contribution in [0, 0.1) is 0 Å². The number of hydrogen-bond acceptors (Lipinski definition) is 6. The molecule has 0 bridgehead atoms. The van der Waals surface area contributed by atoms with Gasteiger partial charge in [-0.1, -0.05) is 145 Å². The molecule has 10 aromatic rings. The number of nitrogens with zero attached hydrogens (tertiary/aromatic N) is 4. The number of fused-ring (bicyclic) bond motifs is 8. The molecule has 0 aliphatic carbocycles. The van der Waals surface area contributed by atoms with Crippen LogP contribution in [0.25, 0.3) is 76.2 Å². The molecule has 0 unspecified atom stereocenters. The van der Waals surface area contributed by atoms with Gasteiger partial charge in [-0.15, -0.1) is 0 Å². The Bertz CT molecular complexity index is 3000. The zero-order chi connectivity index (χ0) is 37.2. The molecule has 0 aliphatic heterocycles. The molecule has 10 rings (SSSR count). The highest BCUT2D eigenvalue weighted by molar-refractivity contribution is 6.62. The summed E-state index contributed by atoms with van der Waals surface area (Å²) in [5.41, 5.74) is 4.13. The van der Waals surface area contributed by atoms with Gasteiger partial charge in [-0.25, -0.2) is 19.9 Å². The van der Waals surface area contributed by atoms with Crippen molar-refractivity contribution in [1.29, 1.82) is 0 Å². The molecule has 6 nitrogen and oxygen atoms in total. The summed E-state index contributed by atoms with van der Waals surface area (Å²) in [6.45, 7) is 0. The van der Waals surface area contributed by atoms with E-state index >= 15 is 0 Å². The van der Waals surface area contributed by atoms with Crippen molar-refractivity contribution < 1.29 is 10.0 Å². The Hall–Kier alpha value is -5.67. The molecule has 260 valence electrons. The van der Waals surface area contributed by atoms with Crippen molar-refractivity contribution >= 4 is 112 Å². The van der Waals surface area contributed by atoms with Gasteiger partial charge in [0.25, 0.3) is 0 Å². The molecule has 54 heavy (non-hydrogen) atoms. The van der Waals surface area contributed by atoms with Crippen molar-refractivity contribution in [2.24, 2.45) is 0 Å². The first-order valence-corrected chi connectivity index (χ1v) is 18.2. The molecule has 0 fully saturated rings. The first-order chi connectivity index (χ1) is 26.4. The fraction of sp³-hybridized carbons (Fsp3) is 0. The maximum absolute atomic E-state index is 9.44. The van der Waals surface area contributed by atoms with Crippen LogP contribution in [0.1, 0.15) is 0 Å². The van der Waals surface area contributed by atoms with Crippen molar-refractivity contribution in [3.05, 3.63) is 173 Å². The Balaban J connectivity index is 0.000000124. The Labute approximate surface area is 325 Å². The molecule has 0 aliphatic rings. The average Bonchev–Trinajstić information content (AvgIpc) is 3.20. The second-order valence-electron chi connectivity index (χ2n) is 12.5. The van der Waals surface area contributed by atoms with Crippen molar-refractivity contribution in [2.75, 3.05) is 0 Å². The molecule has 0 spiro atoms. The summed E-state index contributed by atoms with van der Waals surface area (Å²) < 4.78 is 0. The van der Waals surface area contributed by atoms with Gasteiger partial charge in [0, 0.05) is 16.3 Å². The molecule has 0 saturated carbocycles. The summed E-state index contributed by atoms with van der Waals surface area (Å²) >= 11 is 17.7. The van der Waals surface area contributed by atoms with E-state index in [1.165, 1.54) is 21.5 Å². The average molecular weight is 762 g/mol. The Morgan fingerprint density at radius 2 is 0.815 bits per heavy atom. The molecular weight excluding hydrogens is 734 g/mol. The zero-order valence-corrected chi connectivity index (χ0v) is 30.7. The van der Waals surface area contributed by atoms with Gasteiger partial charge in [-0.05, 0) is 96.0 Å². The van der Waals surface area contributed by atoms with Gasteiger partial charge in [0.1, 0.15) is 5.15 Å². The summed E-state index contributed by atoms with van der Waals surface area (Å²) in [7, 11) is -1.44. The lowest BCUT2D eigenvalue weighted by atomic mass is 9.76. The summed E-state index contributed by atoms with van der Waals surface area (Å²) in [4.78, 5) is 16.8. The van der Waals surface area contributed by atoms with E-state index in [2.05, 4.69) is 74.5 Å². The van der Waals surface area contributed by atoms with E-state index in [1.807, 2.05) is 103 Å². The molecule has 0 radical (unpaired) electrons. The predicted octanol–water partition coefficient (Wildman–Crippen LogP) is 10.9. The van der Waals surface area contributed by atoms with E-state index in [0.717, 1.165) is 54.6 Å². The summed E-state index contributed by atoms with van der Waals surface area (Å²) in [5, 5.41) is 30.5. The second-order valence-corrected chi connectivity index (χ2v) is 13.5. The van der Waals surface area contributed by atoms with Gasteiger partial charge in [0.05, 0.1) is 16.7 Å². The van der Waals surface area contributed by atoms with Gasteiger partial charge >= 0.3 is 7.12 Å². The number of benzene rings is 8. The summed E-state index contributed by atoms with van der Waals surface area (Å²) in [6, 6.07) is 52.1. The number of rotatable bonds is 2. The Morgan fingerprint density at radius 1 is 0.389 bits per heavy atom. The molecule has 8 aromatic carbocycles. The Kier molecular flexibility index (Phi) is 10.1. The van der Waals surface area contributed by atoms with Crippen molar-refractivity contribution in [3.63, 3.8) is 0 Å². The molecular formula is C44H28BCl3N4O2. The van der Waals surface area contributed by atoms with Crippen LogP contribution in [0.3, 0.4) is 0 Å². The SMILES string of the molecule is Clc1nc(-c2cc3ccccc3c3ccccc23)c2ccccc2n1.Clc1nc(Cl)c2ccccc2n1.OB(O)c1cc2ccccc2c2ccccc12. The molecule has 2 aromatic heterocycles. The van der Waals surface area contributed by atoms with E-state index in [-0.39, 0.29) is 10.6 Å². The van der Waals surface area contributed by atoms with Crippen molar-refractivity contribution in [2.45, 2.75) is 0 Å². The normalized spacial score (nSPS) is 11.1. The first-order valence-electron chi connectivity index (χ1n) is 17.0. The van der Waals surface area contributed by atoms with Crippen LogP contribution in [0.4, 0.5) is 0 Å². The molecule has 10 heteroatoms. The van der Waals surface area contributed by atoms with Crippen LogP contribution >= 0.6 is 34.8 Å². The number of halogens is 3.